The minimum Gasteiger partial charge on any atom is -0.457 e. The molecular weight excluding hydrogens is 481 g/mol. The van der Waals surface area contributed by atoms with Gasteiger partial charge in [-0.3, -0.25) is 0 Å². The van der Waals surface area contributed by atoms with E-state index < -0.39 is 34.1 Å². The summed E-state index contributed by atoms with van der Waals surface area (Å²) >= 11 is 5.95. The molecule has 6 nitrogen and oxygen atoms in total. The third kappa shape index (κ3) is 5.25. The van der Waals surface area contributed by atoms with E-state index in [1.54, 1.807) is 31.2 Å². The van der Waals surface area contributed by atoms with Gasteiger partial charge in [-0.15, -0.1) is 0 Å². The molecule has 0 radical (unpaired) electrons. The van der Waals surface area contributed by atoms with E-state index in [4.69, 9.17) is 26.2 Å². The second-order valence-corrected chi connectivity index (χ2v) is 9.42. The number of anilines is 1. The van der Waals surface area contributed by atoms with Crippen molar-refractivity contribution in [2.45, 2.75) is 30.3 Å². The van der Waals surface area contributed by atoms with Crippen molar-refractivity contribution in [3.63, 3.8) is 0 Å². The summed E-state index contributed by atoms with van der Waals surface area (Å²) in [6.45, 7) is 1.73. The molecule has 33 heavy (non-hydrogen) atoms. The third-order valence-corrected chi connectivity index (χ3v) is 6.12. The number of halogens is 4. The molecule has 3 N–H and O–H groups in total. The van der Waals surface area contributed by atoms with E-state index in [-0.39, 0.29) is 16.2 Å². The highest BCUT2D eigenvalue weighted by Crippen LogP contribution is 2.49. The second-order valence-electron chi connectivity index (χ2n) is 7.42. The Bertz CT molecular complexity index is 1320. The van der Waals surface area contributed by atoms with Gasteiger partial charge in [0.25, 0.3) is 0 Å². The van der Waals surface area contributed by atoms with Crippen LogP contribution in [-0.4, -0.2) is 14.6 Å². The molecule has 0 saturated carbocycles. The Morgan fingerprint density at radius 3 is 2.45 bits per heavy atom. The lowest BCUT2D eigenvalue weighted by atomic mass is 10.0. The minimum absolute atomic E-state index is 0.0113. The normalized spacial score (nSPS) is 18.1. The predicted molar refractivity (Wildman–Crippen MR) is 117 cm³/mol. The Morgan fingerprint density at radius 2 is 1.79 bits per heavy atom. The fraction of sp³-hybridized carbons (Fsp3) is 0.182. The maximum absolute atomic E-state index is 13.8. The number of nitrogens with one attached hydrogen (secondary N) is 1. The topological polar surface area (TPSA) is 93.9 Å². The molecule has 1 aliphatic rings. The zero-order valence-electron chi connectivity index (χ0n) is 17.1. The number of alkyl halides is 3. The Labute approximate surface area is 193 Å². The van der Waals surface area contributed by atoms with Crippen molar-refractivity contribution in [1.82, 2.24) is 0 Å². The molecule has 2 atom stereocenters. The van der Waals surface area contributed by atoms with Crippen molar-refractivity contribution in [3.05, 3.63) is 82.4 Å². The van der Waals surface area contributed by atoms with Crippen LogP contribution in [0.15, 0.2) is 65.6 Å². The van der Waals surface area contributed by atoms with Gasteiger partial charge in [0.15, 0.2) is 6.23 Å². The predicted octanol–water partition coefficient (Wildman–Crippen LogP) is 5.62. The molecule has 1 fully saturated rings. The number of hydrogen-bond donors (Lipinski definition) is 2. The number of ether oxygens (including phenoxy) is 2. The number of benzene rings is 3. The lowest BCUT2D eigenvalue weighted by Crippen LogP contribution is -2.14. The zero-order valence-corrected chi connectivity index (χ0v) is 18.6. The molecule has 174 valence electrons. The van der Waals surface area contributed by atoms with Gasteiger partial charge in [-0.1, -0.05) is 23.7 Å². The smallest absolute Gasteiger partial charge is 0.416 e. The molecule has 3 aromatic carbocycles. The van der Waals surface area contributed by atoms with Gasteiger partial charge in [0.2, 0.25) is 10.0 Å². The highest BCUT2D eigenvalue weighted by Gasteiger charge is 2.48. The van der Waals surface area contributed by atoms with E-state index in [2.05, 4.69) is 5.32 Å². The summed E-state index contributed by atoms with van der Waals surface area (Å²) in [5.74, 6) is 0.342. The van der Waals surface area contributed by atoms with Gasteiger partial charge in [-0.25, -0.2) is 13.6 Å². The van der Waals surface area contributed by atoms with Crippen LogP contribution in [-0.2, 0) is 20.9 Å². The van der Waals surface area contributed by atoms with Gasteiger partial charge in [-0.05, 0) is 61.0 Å². The van der Waals surface area contributed by atoms with E-state index in [0.717, 1.165) is 6.07 Å². The average molecular weight is 499 g/mol. The molecule has 0 bridgehead atoms. The maximum Gasteiger partial charge on any atom is 0.416 e. The molecule has 0 aliphatic carbocycles. The lowest BCUT2D eigenvalue weighted by Gasteiger charge is -2.17. The standard InChI is InChI=1S/C22H18ClF3N2O4S/c1-12-10-13(23)8-9-17(12)31-18-7-3-6-16(22(24,25)26)19(18)20-21(32-20)28-14-4-2-5-15(11-14)33(27,29)30/h2-11,20-21,28H,1H3,(H2,27,29,30). The van der Waals surface area contributed by atoms with Gasteiger partial charge in [0.1, 0.15) is 17.6 Å². The average Bonchev–Trinajstić information content (AvgIpc) is 3.47. The van der Waals surface area contributed by atoms with Crippen molar-refractivity contribution in [2.75, 3.05) is 5.32 Å². The van der Waals surface area contributed by atoms with Crippen LogP contribution in [0.5, 0.6) is 11.5 Å². The van der Waals surface area contributed by atoms with Crippen molar-refractivity contribution >= 4 is 27.3 Å². The van der Waals surface area contributed by atoms with Gasteiger partial charge in [-0.2, -0.15) is 13.2 Å². The van der Waals surface area contributed by atoms with E-state index >= 15 is 0 Å². The third-order valence-electron chi connectivity index (χ3n) is 4.98. The number of primary sulfonamides is 1. The van der Waals surface area contributed by atoms with Crippen LogP contribution in [0, 0.1) is 6.92 Å². The van der Waals surface area contributed by atoms with Crippen LogP contribution in [0.4, 0.5) is 18.9 Å². The van der Waals surface area contributed by atoms with E-state index in [9.17, 15) is 21.6 Å². The molecule has 1 saturated heterocycles. The summed E-state index contributed by atoms with van der Waals surface area (Å²) in [5, 5.41) is 8.49. The molecule has 0 amide bonds. The number of aryl methyl sites for hydroxylation is 1. The van der Waals surface area contributed by atoms with Crippen LogP contribution in [0.2, 0.25) is 5.02 Å². The number of rotatable bonds is 6. The Kier molecular flexibility index (Phi) is 6.04. The monoisotopic (exact) mass is 498 g/mol. The van der Waals surface area contributed by atoms with E-state index in [1.165, 1.54) is 30.3 Å². The molecule has 1 heterocycles. The number of sulfonamides is 1. The number of hydrogen-bond acceptors (Lipinski definition) is 5. The largest absolute Gasteiger partial charge is 0.457 e. The molecule has 0 spiro atoms. The number of nitrogens with two attached hydrogens (primary N) is 1. The van der Waals surface area contributed by atoms with Crippen LogP contribution < -0.4 is 15.2 Å². The minimum atomic E-state index is -4.65. The van der Waals surface area contributed by atoms with Gasteiger partial charge >= 0.3 is 6.18 Å². The fourth-order valence-corrected chi connectivity index (χ4v) is 4.17. The summed E-state index contributed by atoms with van der Waals surface area (Å²) in [6, 6.07) is 14.0. The second kappa shape index (κ2) is 8.53. The van der Waals surface area contributed by atoms with Crippen molar-refractivity contribution in [3.8, 4) is 11.5 Å². The molecule has 1 aliphatic heterocycles. The highest BCUT2D eigenvalue weighted by atomic mass is 35.5. The summed E-state index contributed by atoms with van der Waals surface area (Å²) < 4.78 is 75.8. The first kappa shape index (κ1) is 23.4. The fourth-order valence-electron chi connectivity index (χ4n) is 3.39. The van der Waals surface area contributed by atoms with Crippen molar-refractivity contribution in [2.24, 2.45) is 5.14 Å². The zero-order chi connectivity index (χ0) is 24.0. The van der Waals surface area contributed by atoms with E-state index in [0.29, 0.717) is 22.0 Å². The Hall–Kier alpha value is -2.79. The van der Waals surface area contributed by atoms with Gasteiger partial charge in [0.05, 0.1) is 10.5 Å². The van der Waals surface area contributed by atoms with Gasteiger partial charge in [0, 0.05) is 16.3 Å². The van der Waals surface area contributed by atoms with Crippen molar-refractivity contribution < 1.29 is 31.1 Å². The first-order valence-electron chi connectivity index (χ1n) is 9.62. The quantitative estimate of drug-likeness (QED) is 0.430. The molecule has 11 heteroatoms. The first-order valence-corrected chi connectivity index (χ1v) is 11.5. The summed E-state index contributed by atoms with van der Waals surface area (Å²) in [5.41, 5.74) is -0.0785. The molecule has 3 aromatic rings. The van der Waals surface area contributed by atoms with Crippen LogP contribution in [0.25, 0.3) is 0 Å². The summed E-state index contributed by atoms with van der Waals surface area (Å²) in [4.78, 5) is -0.136. The molecule has 2 unspecified atom stereocenters. The number of epoxide rings is 1. The molecule has 0 aromatic heterocycles. The van der Waals surface area contributed by atoms with Crippen LogP contribution in [0.1, 0.15) is 22.8 Å². The highest BCUT2D eigenvalue weighted by molar-refractivity contribution is 7.89. The van der Waals surface area contributed by atoms with Crippen LogP contribution in [0.3, 0.4) is 0 Å². The summed E-state index contributed by atoms with van der Waals surface area (Å²) in [7, 11) is -3.94. The maximum atomic E-state index is 13.8. The van der Waals surface area contributed by atoms with Crippen LogP contribution >= 0.6 is 11.6 Å². The Morgan fingerprint density at radius 1 is 1.06 bits per heavy atom. The van der Waals surface area contributed by atoms with Gasteiger partial charge < -0.3 is 14.8 Å². The summed E-state index contributed by atoms with van der Waals surface area (Å²) in [6.07, 6.45) is -6.46. The SMILES string of the molecule is Cc1cc(Cl)ccc1Oc1cccc(C(F)(F)F)c1C1OC1Nc1cccc(S(N)(=O)=O)c1. The first-order chi connectivity index (χ1) is 15.4. The Balaban J connectivity index is 1.66. The van der Waals surface area contributed by atoms with E-state index in [1.807, 2.05) is 0 Å². The van der Waals surface area contributed by atoms with Crippen molar-refractivity contribution in [1.29, 1.82) is 0 Å². The molecular formula is C22H18ClF3N2O4S. The lowest BCUT2D eigenvalue weighted by molar-refractivity contribution is -0.138. The molecule has 4 rings (SSSR count).